The number of unbranched alkanes of at least 4 members (excludes halogenated alkanes) is 1. The van der Waals surface area contributed by atoms with E-state index in [0.29, 0.717) is 24.0 Å². The summed E-state index contributed by atoms with van der Waals surface area (Å²) in [5.41, 5.74) is 1.82. The van der Waals surface area contributed by atoms with Gasteiger partial charge < -0.3 is 14.8 Å². The molecule has 0 aliphatic rings. The van der Waals surface area contributed by atoms with Crippen molar-refractivity contribution < 1.29 is 9.47 Å². The van der Waals surface area contributed by atoms with Crippen LogP contribution in [0.25, 0.3) is 0 Å². The number of hydrogen-bond acceptors (Lipinski definition) is 5. The number of aryl methyl sites for hydroxylation is 1. The summed E-state index contributed by atoms with van der Waals surface area (Å²) >= 11 is 0. The van der Waals surface area contributed by atoms with E-state index in [1.807, 2.05) is 18.2 Å². The maximum atomic E-state index is 11.7. The van der Waals surface area contributed by atoms with Crippen LogP contribution in [0.5, 0.6) is 11.5 Å². The van der Waals surface area contributed by atoms with Crippen LogP contribution >= 0.6 is 0 Å². The van der Waals surface area contributed by atoms with Crippen molar-refractivity contribution in [3.05, 3.63) is 45.9 Å². The number of hydrogen-bond donors (Lipinski definition) is 2. The molecule has 0 spiro atoms. The molecular formula is C18H25N3O3. The Hall–Kier alpha value is -2.50. The van der Waals surface area contributed by atoms with Gasteiger partial charge in [0.25, 0.3) is 5.56 Å². The lowest BCUT2D eigenvalue weighted by molar-refractivity contribution is 0.354. The molecule has 2 aromatic rings. The summed E-state index contributed by atoms with van der Waals surface area (Å²) < 4.78 is 10.5. The number of ether oxygens (including phenoxy) is 2. The zero-order valence-corrected chi connectivity index (χ0v) is 14.5. The van der Waals surface area contributed by atoms with Gasteiger partial charge in [0.2, 0.25) is 5.95 Å². The highest BCUT2D eigenvalue weighted by atomic mass is 16.5. The second-order valence-corrected chi connectivity index (χ2v) is 5.56. The van der Waals surface area contributed by atoms with Crippen LogP contribution in [0.15, 0.2) is 29.1 Å². The number of benzene rings is 1. The number of aromatic nitrogens is 2. The Labute approximate surface area is 142 Å². The largest absolute Gasteiger partial charge is 0.493 e. The third-order valence-corrected chi connectivity index (χ3v) is 3.74. The van der Waals surface area contributed by atoms with E-state index in [1.165, 1.54) is 0 Å². The van der Waals surface area contributed by atoms with Gasteiger partial charge in [-0.05, 0) is 37.0 Å². The number of methoxy groups -OCH3 is 2. The highest BCUT2D eigenvalue weighted by Gasteiger charge is 2.05. The Morgan fingerprint density at radius 2 is 1.92 bits per heavy atom. The number of nitrogens with zero attached hydrogens (tertiary/aromatic N) is 1. The minimum Gasteiger partial charge on any atom is -0.493 e. The van der Waals surface area contributed by atoms with Crippen LogP contribution in [-0.2, 0) is 12.8 Å². The van der Waals surface area contributed by atoms with Crippen molar-refractivity contribution in [2.45, 2.75) is 32.6 Å². The molecule has 0 amide bonds. The normalized spacial score (nSPS) is 10.5. The maximum Gasteiger partial charge on any atom is 0.252 e. The van der Waals surface area contributed by atoms with Crippen molar-refractivity contribution in [3.63, 3.8) is 0 Å². The van der Waals surface area contributed by atoms with Gasteiger partial charge >= 0.3 is 0 Å². The molecule has 24 heavy (non-hydrogen) atoms. The number of rotatable bonds is 9. The van der Waals surface area contributed by atoms with Gasteiger partial charge in [-0.25, -0.2) is 4.98 Å². The zero-order chi connectivity index (χ0) is 17.4. The van der Waals surface area contributed by atoms with E-state index < -0.39 is 0 Å². The van der Waals surface area contributed by atoms with Gasteiger partial charge in [-0.1, -0.05) is 19.4 Å². The van der Waals surface area contributed by atoms with Gasteiger partial charge in [0.1, 0.15) is 0 Å². The van der Waals surface area contributed by atoms with E-state index in [0.717, 1.165) is 36.9 Å². The molecule has 0 saturated carbocycles. The van der Waals surface area contributed by atoms with Gasteiger partial charge in [-0.3, -0.25) is 9.78 Å². The molecule has 0 aliphatic carbocycles. The summed E-state index contributed by atoms with van der Waals surface area (Å²) in [6.45, 7) is 2.78. The SMILES string of the molecule is CCCCc1cc(=O)[nH]c(NCCc2ccc(OC)c(OC)c2)n1. The van der Waals surface area contributed by atoms with Crippen LogP contribution in [0.3, 0.4) is 0 Å². The molecule has 2 rings (SSSR count). The minimum atomic E-state index is -0.121. The predicted molar refractivity (Wildman–Crippen MR) is 95.2 cm³/mol. The number of aromatic amines is 1. The molecule has 0 radical (unpaired) electrons. The van der Waals surface area contributed by atoms with Gasteiger partial charge in [0, 0.05) is 18.3 Å². The van der Waals surface area contributed by atoms with Gasteiger partial charge in [0.15, 0.2) is 11.5 Å². The van der Waals surface area contributed by atoms with E-state index in [9.17, 15) is 4.79 Å². The minimum absolute atomic E-state index is 0.121. The lowest BCUT2D eigenvalue weighted by Crippen LogP contribution is -2.15. The van der Waals surface area contributed by atoms with Crippen molar-refractivity contribution in [1.29, 1.82) is 0 Å². The molecule has 6 heteroatoms. The molecule has 130 valence electrons. The summed E-state index contributed by atoms with van der Waals surface area (Å²) in [6.07, 6.45) is 3.71. The fourth-order valence-corrected chi connectivity index (χ4v) is 2.44. The Bertz CT molecular complexity index is 713. The lowest BCUT2D eigenvalue weighted by atomic mass is 10.1. The summed E-state index contributed by atoms with van der Waals surface area (Å²) in [5.74, 6) is 1.95. The van der Waals surface area contributed by atoms with Crippen LogP contribution < -0.4 is 20.3 Å². The monoisotopic (exact) mass is 331 g/mol. The first-order valence-corrected chi connectivity index (χ1v) is 8.21. The molecule has 1 aromatic carbocycles. The van der Waals surface area contributed by atoms with Crippen LogP contribution in [0.2, 0.25) is 0 Å². The highest BCUT2D eigenvalue weighted by molar-refractivity contribution is 5.43. The van der Waals surface area contributed by atoms with Crippen LogP contribution in [0.1, 0.15) is 31.0 Å². The fraction of sp³-hybridized carbons (Fsp3) is 0.444. The van der Waals surface area contributed by atoms with Crippen molar-refractivity contribution >= 4 is 5.95 Å². The van der Waals surface area contributed by atoms with Gasteiger partial charge in [-0.2, -0.15) is 0 Å². The summed E-state index contributed by atoms with van der Waals surface area (Å²) in [6, 6.07) is 7.40. The number of nitrogens with one attached hydrogen (secondary N) is 2. The standard InChI is InChI=1S/C18H25N3O3/c1-4-5-6-14-12-17(22)21-18(20-14)19-10-9-13-7-8-15(23-2)16(11-13)24-3/h7-8,11-12H,4-6,9-10H2,1-3H3,(H2,19,20,21,22). The first-order chi connectivity index (χ1) is 11.7. The molecule has 0 atom stereocenters. The average molecular weight is 331 g/mol. The molecule has 0 unspecified atom stereocenters. The quantitative estimate of drug-likeness (QED) is 0.739. The van der Waals surface area contributed by atoms with Crippen LogP contribution in [-0.4, -0.2) is 30.7 Å². The molecule has 1 heterocycles. The number of H-pyrrole nitrogens is 1. The second kappa shape index (κ2) is 8.96. The molecule has 6 nitrogen and oxygen atoms in total. The molecule has 0 aliphatic heterocycles. The van der Waals surface area contributed by atoms with Gasteiger partial charge in [-0.15, -0.1) is 0 Å². The van der Waals surface area contributed by atoms with Gasteiger partial charge in [0.05, 0.1) is 14.2 Å². The van der Waals surface area contributed by atoms with Crippen LogP contribution in [0, 0.1) is 0 Å². The third kappa shape index (κ3) is 5.01. The summed E-state index contributed by atoms with van der Waals surface area (Å²) in [4.78, 5) is 18.9. The Balaban J connectivity index is 1.96. The van der Waals surface area contributed by atoms with Crippen LogP contribution in [0.4, 0.5) is 5.95 Å². The first kappa shape index (κ1) is 17.8. The highest BCUT2D eigenvalue weighted by Crippen LogP contribution is 2.27. The molecule has 1 aromatic heterocycles. The smallest absolute Gasteiger partial charge is 0.252 e. The third-order valence-electron chi connectivity index (χ3n) is 3.74. The lowest BCUT2D eigenvalue weighted by Gasteiger charge is -2.10. The first-order valence-electron chi connectivity index (χ1n) is 8.21. The average Bonchev–Trinajstić information content (AvgIpc) is 2.59. The Kier molecular flexibility index (Phi) is 6.66. The molecule has 0 fully saturated rings. The van der Waals surface area contributed by atoms with E-state index in [4.69, 9.17) is 9.47 Å². The Morgan fingerprint density at radius 3 is 2.62 bits per heavy atom. The molecular weight excluding hydrogens is 306 g/mol. The molecule has 0 bridgehead atoms. The van der Waals surface area contributed by atoms with Crippen molar-refractivity contribution in [2.24, 2.45) is 0 Å². The summed E-state index contributed by atoms with van der Waals surface area (Å²) in [5, 5.41) is 3.18. The number of anilines is 1. The molecule has 2 N–H and O–H groups in total. The summed E-state index contributed by atoms with van der Waals surface area (Å²) in [7, 11) is 3.24. The second-order valence-electron chi connectivity index (χ2n) is 5.56. The van der Waals surface area contributed by atoms with E-state index in [1.54, 1.807) is 20.3 Å². The van der Waals surface area contributed by atoms with E-state index in [2.05, 4.69) is 22.2 Å². The van der Waals surface area contributed by atoms with Crippen molar-refractivity contribution in [3.8, 4) is 11.5 Å². The van der Waals surface area contributed by atoms with E-state index in [-0.39, 0.29) is 5.56 Å². The zero-order valence-electron chi connectivity index (χ0n) is 14.5. The Morgan fingerprint density at radius 1 is 1.12 bits per heavy atom. The van der Waals surface area contributed by atoms with Crippen molar-refractivity contribution in [2.75, 3.05) is 26.1 Å². The maximum absolute atomic E-state index is 11.7. The van der Waals surface area contributed by atoms with E-state index >= 15 is 0 Å². The topological polar surface area (TPSA) is 76.2 Å². The fourth-order valence-electron chi connectivity index (χ4n) is 2.44. The van der Waals surface area contributed by atoms with Crippen molar-refractivity contribution in [1.82, 2.24) is 9.97 Å². The predicted octanol–water partition coefficient (Wildman–Crippen LogP) is 2.78. The molecule has 0 saturated heterocycles.